The van der Waals surface area contributed by atoms with Crippen molar-refractivity contribution in [2.45, 2.75) is 39.2 Å². The lowest BCUT2D eigenvalue weighted by Gasteiger charge is -2.08. The lowest BCUT2D eigenvalue weighted by molar-refractivity contribution is 0.460. The quantitative estimate of drug-likeness (QED) is 0.409. The number of hydrogen-bond donors (Lipinski definition) is 2. The predicted octanol–water partition coefficient (Wildman–Crippen LogP) is 3.48. The second-order valence-corrected chi connectivity index (χ2v) is 7.45. The molecule has 0 aliphatic carbocycles. The Morgan fingerprint density at radius 3 is 2.72 bits per heavy atom. The molecule has 0 amide bonds. The standard InChI is InChI=1S/C23H23N7O2/c1-15-26-21(25)20-22(27-15)30(23(31)29-20)14-16-9-11-18(12-10-16)32-19-8-5-7-17(28-19)6-3-2-4-13-24/h5,7-12H,2-4,6,14H2,1H3,(H,29,31)(H2,25,26,27). The van der Waals surface area contributed by atoms with Crippen LogP contribution in [0, 0.1) is 18.3 Å². The molecule has 0 atom stereocenters. The summed E-state index contributed by atoms with van der Waals surface area (Å²) in [6.45, 7) is 2.07. The van der Waals surface area contributed by atoms with Crippen LogP contribution in [0.1, 0.15) is 36.3 Å². The zero-order valence-corrected chi connectivity index (χ0v) is 17.7. The first-order valence-electron chi connectivity index (χ1n) is 10.4. The number of nitrogens with one attached hydrogen (secondary N) is 1. The molecule has 3 N–H and O–H groups in total. The summed E-state index contributed by atoms with van der Waals surface area (Å²) >= 11 is 0. The molecule has 0 saturated carbocycles. The summed E-state index contributed by atoms with van der Waals surface area (Å²) in [5.41, 5.74) is 8.39. The van der Waals surface area contributed by atoms with Gasteiger partial charge in [0.2, 0.25) is 5.88 Å². The first-order valence-corrected chi connectivity index (χ1v) is 10.4. The van der Waals surface area contributed by atoms with Gasteiger partial charge < -0.3 is 15.5 Å². The van der Waals surface area contributed by atoms with E-state index in [-0.39, 0.29) is 11.5 Å². The molecule has 0 aliphatic rings. The Hall–Kier alpha value is -4.19. The molecule has 32 heavy (non-hydrogen) atoms. The Balaban J connectivity index is 1.46. The lowest BCUT2D eigenvalue weighted by atomic mass is 10.1. The van der Waals surface area contributed by atoms with Crippen molar-refractivity contribution >= 4 is 17.0 Å². The molecule has 0 unspecified atom stereocenters. The monoisotopic (exact) mass is 429 g/mol. The summed E-state index contributed by atoms with van der Waals surface area (Å²) in [4.78, 5) is 28.1. The highest BCUT2D eigenvalue weighted by Gasteiger charge is 2.13. The normalized spacial score (nSPS) is 10.9. The number of fused-ring (bicyclic) bond motifs is 1. The summed E-state index contributed by atoms with van der Waals surface area (Å²) in [5, 5.41) is 8.63. The molecule has 0 bridgehead atoms. The molecule has 4 rings (SSSR count). The van der Waals surface area contributed by atoms with Crippen LogP contribution in [-0.4, -0.2) is 24.5 Å². The average molecular weight is 429 g/mol. The van der Waals surface area contributed by atoms with E-state index in [9.17, 15) is 4.79 Å². The molecule has 3 heterocycles. The number of pyridine rings is 1. The number of nitrogen functional groups attached to an aromatic ring is 1. The fourth-order valence-corrected chi connectivity index (χ4v) is 3.44. The Labute approximate surface area is 184 Å². The summed E-state index contributed by atoms with van der Waals surface area (Å²) < 4.78 is 7.42. The van der Waals surface area contributed by atoms with Gasteiger partial charge in [-0.15, -0.1) is 0 Å². The fraction of sp³-hybridized carbons (Fsp3) is 0.261. The van der Waals surface area contributed by atoms with Gasteiger partial charge >= 0.3 is 5.69 Å². The van der Waals surface area contributed by atoms with Crippen LogP contribution in [0.4, 0.5) is 5.82 Å². The summed E-state index contributed by atoms with van der Waals surface area (Å²) in [6.07, 6.45) is 3.16. The van der Waals surface area contributed by atoms with Gasteiger partial charge in [0.25, 0.3) is 0 Å². The number of aromatic nitrogens is 5. The molecule has 4 aromatic rings. The van der Waals surface area contributed by atoms with Crippen LogP contribution in [0.25, 0.3) is 11.2 Å². The highest BCUT2D eigenvalue weighted by atomic mass is 16.5. The number of unbranched alkanes of at least 4 members (excludes halogenated alkanes) is 2. The first-order chi connectivity index (χ1) is 15.5. The molecule has 3 aromatic heterocycles. The van der Waals surface area contributed by atoms with E-state index < -0.39 is 0 Å². The third kappa shape index (κ3) is 4.75. The minimum Gasteiger partial charge on any atom is -0.439 e. The Bertz CT molecular complexity index is 1330. The average Bonchev–Trinajstić information content (AvgIpc) is 3.08. The van der Waals surface area contributed by atoms with Crippen molar-refractivity contribution in [2.24, 2.45) is 0 Å². The molecule has 0 spiro atoms. The van der Waals surface area contributed by atoms with Crippen LogP contribution < -0.4 is 16.2 Å². The van der Waals surface area contributed by atoms with Gasteiger partial charge in [0.05, 0.1) is 12.6 Å². The lowest BCUT2D eigenvalue weighted by Crippen LogP contribution is -2.17. The maximum Gasteiger partial charge on any atom is 0.328 e. The molecule has 1 aromatic carbocycles. The molecule has 0 saturated heterocycles. The van der Waals surface area contributed by atoms with E-state index in [0.717, 1.165) is 30.5 Å². The summed E-state index contributed by atoms with van der Waals surface area (Å²) in [6, 6.07) is 15.3. The minimum absolute atomic E-state index is 0.256. The van der Waals surface area contributed by atoms with Crippen LogP contribution in [0.5, 0.6) is 11.6 Å². The molecule has 0 aliphatic heterocycles. The van der Waals surface area contributed by atoms with Crippen molar-refractivity contribution < 1.29 is 4.74 Å². The van der Waals surface area contributed by atoms with E-state index in [4.69, 9.17) is 15.7 Å². The molecule has 162 valence electrons. The van der Waals surface area contributed by atoms with Crippen LogP contribution >= 0.6 is 0 Å². The number of hydrogen-bond acceptors (Lipinski definition) is 7. The number of rotatable bonds is 8. The molecule has 9 nitrogen and oxygen atoms in total. The minimum atomic E-state index is -0.289. The zero-order valence-electron chi connectivity index (χ0n) is 17.7. The number of nitriles is 1. The van der Waals surface area contributed by atoms with Crippen molar-refractivity contribution in [2.75, 3.05) is 5.73 Å². The number of nitrogens with zero attached hydrogens (tertiary/aromatic N) is 5. The van der Waals surface area contributed by atoms with Crippen molar-refractivity contribution in [3.8, 4) is 17.7 Å². The Morgan fingerprint density at radius 2 is 1.94 bits per heavy atom. The van der Waals surface area contributed by atoms with Crippen molar-refractivity contribution in [1.29, 1.82) is 5.26 Å². The third-order valence-corrected chi connectivity index (χ3v) is 5.00. The Morgan fingerprint density at radius 1 is 1.12 bits per heavy atom. The number of ether oxygens (including phenoxy) is 1. The van der Waals surface area contributed by atoms with Crippen LogP contribution in [-0.2, 0) is 13.0 Å². The van der Waals surface area contributed by atoms with E-state index in [2.05, 4.69) is 26.0 Å². The highest BCUT2D eigenvalue weighted by molar-refractivity contribution is 5.81. The number of anilines is 1. The molecule has 0 fully saturated rings. The number of aryl methyl sites for hydroxylation is 2. The van der Waals surface area contributed by atoms with Crippen molar-refractivity contribution in [3.63, 3.8) is 0 Å². The Kier molecular flexibility index (Phi) is 6.12. The third-order valence-electron chi connectivity index (χ3n) is 5.00. The maximum absolute atomic E-state index is 12.4. The van der Waals surface area contributed by atoms with Crippen molar-refractivity contribution in [3.05, 3.63) is 70.0 Å². The number of aromatic amines is 1. The number of nitrogens with two attached hydrogens (primary N) is 1. The molecular formula is C23H23N7O2. The van der Waals surface area contributed by atoms with Gasteiger partial charge in [-0.1, -0.05) is 18.2 Å². The van der Waals surface area contributed by atoms with Gasteiger partial charge in [0.1, 0.15) is 17.1 Å². The number of H-pyrrole nitrogens is 1. The van der Waals surface area contributed by atoms with Crippen LogP contribution in [0.2, 0.25) is 0 Å². The fourth-order valence-electron chi connectivity index (χ4n) is 3.44. The van der Waals surface area contributed by atoms with Crippen LogP contribution in [0.15, 0.2) is 47.3 Å². The van der Waals surface area contributed by atoms with E-state index in [1.165, 1.54) is 4.57 Å². The van der Waals surface area contributed by atoms with Gasteiger partial charge in [-0.3, -0.25) is 4.57 Å². The zero-order chi connectivity index (χ0) is 22.5. The molecule has 9 heteroatoms. The first kappa shape index (κ1) is 21.1. The van der Waals surface area contributed by atoms with Gasteiger partial charge in [-0.25, -0.2) is 19.7 Å². The van der Waals surface area contributed by atoms with Gasteiger partial charge in [-0.05, 0) is 49.9 Å². The number of benzene rings is 1. The largest absolute Gasteiger partial charge is 0.439 e. The second kappa shape index (κ2) is 9.31. The van der Waals surface area contributed by atoms with E-state index in [1.54, 1.807) is 6.92 Å². The highest BCUT2D eigenvalue weighted by Crippen LogP contribution is 2.22. The van der Waals surface area contributed by atoms with E-state index in [1.807, 2.05) is 42.5 Å². The summed E-state index contributed by atoms with van der Waals surface area (Å²) in [5.74, 6) is 1.93. The second-order valence-electron chi connectivity index (χ2n) is 7.45. The molecule has 0 radical (unpaired) electrons. The smallest absolute Gasteiger partial charge is 0.328 e. The SMILES string of the molecule is Cc1nc(N)c2[nH]c(=O)n(Cc3ccc(Oc4cccc(CCCCC#N)n4)cc3)c2n1. The van der Waals surface area contributed by atoms with Gasteiger partial charge in [0, 0.05) is 18.2 Å². The van der Waals surface area contributed by atoms with E-state index >= 15 is 0 Å². The van der Waals surface area contributed by atoms with Gasteiger partial charge in [0.15, 0.2) is 11.5 Å². The van der Waals surface area contributed by atoms with Crippen molar-refractivity contribution in [1.82, 2.24) is 24.5 Å². The predicted molar refractivity (Wildman–Crippen MR) is 120 cm³/mol. The topological polar surface area (TPSA) is 136 Å². The number of imidazole rings is 1. The molecular weight excluding hydrogens is 406 g/mol. The van der Waals surface area contributed by atoms with Gasteiger partial charge in [-0.2, -0.15) is 5.26 Å². The van der Waals surface area contributed by atoms with E-state index in [0.29, 0.717) is 41.6 Å². The van der Waals surface area contributed by atoms with Crippen LogP contribution in [0.3, 0.4) is 0 Å². The summed E-state index contributed by atoms with van der Waals surface area (Å²) in [7, 11) is 0. The maximum atomic E-state index is 12.4.